The third-order valence-corrected chi connectivity index (χ3v) is 3.18. The van der Waals surface area contributed by atoms with Gasteiger partial charge in [0.25, 0.3) is 0 Å². The van der Waals surface area contributed by atoms with E-state index >= 15 is 0 Å². The van der Waals surface area contributed by atoms with Crippen molar-refractivity contribution in [2.24, 2.45) is 5.92 Å². The molecule has 91 valence electrons. The van der Waals surface area contributed by atoms with Crippen molar-refractivity contribution in [2.75, 3.05) is 13.1 Å². The third-order valence-electron chi connectivity index (χ3n) is 3.18. The molecule has 1 rings (SSSR count). The first kappa shape index (κ1) is 13.2. The zero-order valence-corrected chi connectivity index (χ0v) is 10.2. The Morgan fingerprint density at radius 3 is 2.38 bits per heavy atom. The highest BCUT2D eigenvalue weighted by Crippen LogP contribution is 2.14. The van der Waals surface area contributed by atoms with Gasteiger partial charge in [-0.25, -0.2) is 0 Å². The Labute approximate surface area is 98.2 Å². The van der Waals surface area contributed by atoms with Crippen LogP contribution in [0.4, 0.5) is 0 Å². The van der Waals surface area contributed by atoms with Gasteiger partial charge in [-0.3, -0.25) is 9.59 Å². The third kappa shape index (κ3) is 4.33. The number of carbonyl (C=O) groups is 1. The minimum atomic E-state index is -0.194. The maximum Gasteiger partial charge on any atom is 0.223 e. The molecule has 0 unspecified atom stereocenters. The normalized spacial score (nSPS) is 18.9. The van der Waals surface area contributed by atoms with Crippen LogP contribution < -0.4 is 0 Å². The van der Waals surface area contributed by atoms with Crippen LogP contribution in [0.2, 0.25) is 0 Å². The summed E-state index contributed by atoms with van der Waals surface area (Å²) in [6.45, 7) is 3.77. The second kappa shape index (κ2) is 7.42. The zero-order valence-electron chi connectivity index (χ0n) is 10.2. The van der Waals surface area contributed by atoms with Crippen molar-refractivity contribution in [2.45, 2.75) is 51.9 Å². The molecule has 1 saturated heterocycles. The molecule has 0 aliphatic carbocycles. The Morgan fingerprint density at radius 2 is 1.88 bits per heavy atom. The summed E-state index contributed by atoms with van der Waals surface area (Å²) in [4.78, 5) is 24.6. The van der Waals surface area contributed by atoms with E-state index in [0.29, 0.717) is 6.42 Å². The van der Waals surface area contributed by atoms with Crippen molar-refractivity contribution in [3.8, 4) is 0 Å². The smallest absolute Gasteiger partial charge is 0.223 e. The highest BCUT2D eigenvalue weighted by atomic mass is 16.2. The fraction of sp³-hybridized carbons (Fsp3) is 0.846. The molecule has 0 spiro atoms. The van der Waals surface area contributed by atoms with Gasteiger partial charge >= 0.3 is 0 Å². The van der Waals surface area contributed by atoms with Crippen molar-refractivity contribution in [1.29, 1.82) is 0 Å². The molecule has 0 aromatic carbocycles. The first-order valence-electron chi connectivity index (χ1n) is 6.43. The Hall–Kier alpha value is -0.860. The second-order valence-electron chi connectivity index (χ2n) is 4.60. The molecule has 1 radical (unpaired) electrons. The van der Waals surface area contributed by atoms with Crippen LogP contribution >= 0.6 is 0 Å². The number of likely N-dealkylation sites (tertiary alicyclic amines) is 1. The summed E-state index contributed by atoms with van der Waals surface area (Å²) in [5, 5.41) is 0. The van der Waals surface area contributed by atoms with Gasteiger partial charge in [0, 0.05) is 25.4 Å². The minimum Gasteiger partial charge on any atom is -0.343 e. The van der Waals surface area contributed by atoms with Crippen molar-refractivity contribution in [3.05, 3.63) is 0 Å². The lowest BCUT2D eigenvalue weighted by atomic mass is 10.0. The van der Waals surface area contributed by atoms with E-state index in [-0.39, 0.29) is 11.8 Å². The molecule has 1 aliphatic rings. The molecule has 3 heteroatoms. The Balaban J connectivity index is 2.39. The summed E-state index contributed by atoms with van der Waals surface area (Å²) in [6, 6.07) is 0. The van der Waals surface area contributed by atoms with Gasteiger partial charge in [0.15, 0.2) is 0 Å². The average molecular weight is 224 g/mol. The van der Waals surface area contributed by atoms with Gasteiger partial charge in [0.1, 0.15) is 0 Å². The van der Waals surface area contributed by atoms with Gasteiger partial charge in [0.05, 0.1) is 0 Å². The van der Waals surface area contributed by atoms with E-state index in [4.69, 9.17) is 0 Å². The lowest BCUT2D eigenvalue weighted by molar-refractivity contribution is -0.131. The number of nitrogens with zero attached hydrogens (tertiary/aromatic N) is 1. The molecular weight excluding hydrogens is 202 g/mol. The predicted molar refractivity (Wildman–Crippen MR) is 63.8 cm³/mol. The Kier molecular flexibility index (Phi) is 6.12. The molecule has 16 heavy (non-hydrogen) atoms. The average Bonchev–Trinajstić information content (AvgIpc) is 2.56. The Morgan fingerprint density at radius 1 is 1.25 bits per heavy atom. The van der Waals surface area contributed by atoms with Crippen LogP contribution in [0.3, 0.4) is 0 Å². The van der Waals surface area contributed by atoms with Gasteiger partial charge in [-0.15, -0.1) is 0 Å². The first-order chi connectivity index (χ1) is 7.77. The molecule has 1 fully saturated rings. The molecular formula is C13H22NO2. The van der Waals surface area contributed by atoms with Gasteiger partial charge in [0.2, 0.25) is 12.2 Å². The fourth-order valence-electron chi connectivity index (χ4n) is 2.21. The zero-order chi connectivity index (χ0) is 11.8. The minimum absolute atomic E-state index is 0.142. The SMILES string of the molecule is CCC[C@@H]([C]=O)CC(=O)N1CCCCCC1. The van der Waals surface area contributed by atoms with Crippen LogP contribution in [-0.2, 0) is 9.59 Å². The van der Waals surface area contributed by atoms with E-state index in [2.05, 4.69) is 0 Å². The van der Waals surface area contributed by atoms with Crippen molar-refractivity contribution in [3.63, 3.8) is 0 Å². The molecule has 0 aromatic rings. The molecule has 1 heterocycles. The van der Waals surface area contributed by atoms with Gasteiger partial charge in [-0.2, -0.15) is 0 Å². The van der Waals surface area contributed by atoms with Crippen molar-refractivity contribution in [1.82, 2.24) is 4.90 Å². The molecule has 1 atom stereocenters. The molecule has 0 aromatic heterocycles. The molecule has 0 saturated carbocycles. The second-order valence-corrected chi connectivity index (χ2v) is 4.60. The molecule has 0 N–H and O–H groups in total. The molecule has 1 amide bonds. The number of hydrogen-bond donors (Lipinski definition) is 0. The summed E-state index contributed by atoms with van der Waals surface area (Å²) in [6.07, 6.45) is 8.73. The van der Waals surface area contributed by atoms with Crippen LogP contribution in [0.5, 0.6) is 0 Å². The van der Waals surface area contributed by atoms with E-state index in [1.807, 2.05) is 18.1 Å². The largest absolute Gasteiger partial charge is 0.343 e. The van der Waals surface area contributed by atoms with Gasteiger partial charge in [-0.1, -0.05) is 26.2 Å². The van der Waals surface area contributed by atoms with Crippen LogP contribution in [0, 0.1) is 5.92 Å². The summed E-state index contributed by atoms with van der Waals surface area (Å²) >= 11 is 0. The summed E-state index contributed by atoms with van der Waals surface area (Å²) in [7, 11) is 0. The monoisotopic (exact) mass is 224 g/mol. The highest BCUT2D eigenvalue weighted by Gasteiger charge is 2.19. The Bertz CT molecular complexity index is 220. The van der Waals surface area contributed by atoms with E-state index in [1.54, 1.807) is 0 Å². The summed E-state index contributed by atoms with van der Waals surface area (Å²) < 4.78 is 0. The van der Waals surface area contributed by atoms with Crippen LogP contribution in [-0.4, -0.2) is 30.2 Å². The van der Waals surface area contributed by atoms with E-state index in [0.717, 1.165) is 38.8 Å². The lowest BCUT2D eigenvalue weighted by Crippen LogP contribution is -2.33. The van der Waals surface area contributed by atoms with E-state index < -0.39 is 0 Å². The van der Waals surface area contributed by atoms with Gasteiger partial charge in [-0.05, 0) is 19.3 Å². The van der Waals surface area contributed by atoms with E-state index in [9.17, 15) is 9.59 Å². The highest BCUT2D eigenvalue weighted by molar-refractivity contribution is 5.79. The number of amides is 1. The molecule has 0 bridgehead atoms. The van der Waals surface area contributed by atoms with Crippen LogP contribution in [0.1, 0.15) is 51.9 Å². The van der Waals surface area contributed by atoms with Crippen LogP contribution in [0.15, 0.2) is 0 Å². The topological polar surface area (TPSA) is 37.4 Å². The van der Waals surface area contributed by atoms with Gasteiger partial charge < -0.3 is 4.90 Å². The first-order valence-corrected chi connectivity index (χ1v) is 6.43. The quantitative estimate of drug-likeness (QED) is 0.718. The van der Waals surface area contributed by atoms with Crippen LogP contribution in [0.25, 0.3) is 0 Å². The maximum absolute atomic E-state index is 11.9. The number of rotatable bonds is 5. The lowest BCUT2D eigenvalue weighted by Gasteiger charge is -2.21. The van der Waals surface area contributed by atoms with Crippen molar-refractivity contribution < 1.29 is 9.59 Å². The summed E-state index contributed by atoms with van der Waals surface area (Å²) in [5.41, 5.74) is 0. The number of hydrogen-bond acceptors (Lipinski definition) is 2. The summed E-state index contributed by atoms with van der Waals surface area (Å²) in [5.74, 6) is -0.0514. The number of carbonyl (C=O) groups excluding carboxylic acids is 2. The molecule has 1 aliphatic heterocycles. The fourth-order valence-corrected chi connectivity index (χ4v) is 2.21. The molecule has 3 nitrogen and oxygen atoms in total. The van der Waals surface area contributed by atoms with Crippen molar-refractivity contribution >= 4 is 12.2 Å². The predicted octanol–water partition coefficient (Wildman–Crippen LogP) is 2.31. The maximum atomic E-state index is 11.9. The van der Waals surface area contributed by atoms with E-state index in [1.165, 1.54) is 12.8 Å². The standard InChI is InChI=1S/C13H22NO2/c1-2-7-12(11-15)10-13(16)14-8-5-3-4-6-9-14/h12H,2-10H2,1H3/t12-/m1/s1.